The van der Waals surface area contributed by atoms with Crippen LogP contribution < -0.4 is 10.6 Å². The molecule has 2 N–H and O–H groups in total. The van der Waals surface area contributed by atoms with E-state index in [2.05, 4.69) is 55.4 Å². The Morgan fingerprint density at radius 2 is 2.05 bits per heavy atom. The van der Waals surface area contributed by atoms with E-state index < -0.39 is 0 Å². The molecule has 0 radical (unpaired) electrons. The first-order valence-electron chi connectivity index (χ1n) is 8.42. The van der Waals surface area contributed by atoms with Crippen LogP contribution >= 0.6 is 0 Å². The van der Waals surface area contributed by atoms with E-state index >= 15 is 0 Å². The smallest absolute Gasteiger partial charge is 0.191 e. The molecule has 0 spiro atoms. The minimum absolute atomic E-state index is 0.198. The normalized spacial score (nSPS) is 27.1. The number of hydrogen-bond donors (Lipinski definition) is 2. The minimum atomic E-state index is -0.198. The minimum Gasteiger partial charge on any atom is -0.377 e. The number of rotatable bonds is 6. The summed E-state index contributed by atoms with van der Waals surface area (Å²) in [6.45, 7) is 8.16. The van der Waals surface area contributed by atoms with Gasteiger partial charge < -0.3 is 20.3 Å². The Labute approximate surface area is 136 Å². The maximum Gasteiger partial charge on any atom is 0.191 e. The van der Waals surface area contributed by atoms with Crippen molar-refractivity contribution < 1.29 is 4.74 Å². The Morgan fingerprint density at radius 3 is 2.55 bits per heavy atom. The summed E-state index contributed by atoms with van der Waals surface area (Å²) in [5.41, 5.74) is 0.0300. The molecule has 1 saturated carbocycles. The van der Waals surface area contributed by atoms with Crippen molar-refractivity contribution in [3.63, 3.8) is 0 Å². The van der Waals surface area contributed by atoms with Crippen LogP contribution in [0, 0.1) is 5.92 Å². The zero-order valence-electron chi connectivity index (χ0n) is 15.6. The van der Waals surface area contributed by atoms with Crippen molar-refractivity contribution in [1.82, 2.24) is 15.5 Å². The average Bonchev–Trinajstić information content (AvgIpc) is 2.47. The lowest BCUT2D eigenvalue weighted by molar-refractivity contribution is 0.0267. The van der Waals surface area contributed by atoms with Crippen molar-refractivity contribution in [1.29, 1.82) is 0 Å². The summed E-state index contributed by atoms with van der Waals surface area (Å²) in [7, 11) is 7.96. The van der Waals surface area contributed by atoms with Crippen LogP contribution in [-0.2, 0) is 4.74 Å². The van der Waals surface area contributed by atoms with E-state index in [1.165, 1.54) is 25.7 Å². The molecule has 5 heteroatoms. The number of likely N-dealkylation sites (N-methyl/N-ethyl adjacent to an activating group) is 1. The van der Waals surface area contributed by atoms with Gasteiger partial charge in [0.05, 0.1) is 5.60 Å². The molecule has 0 aromatic carbocycles. The van der Waals surface area contributed by atoms with Gasteiger partial charge >= 0.3 is 0 Å². The third-order valence-corrected chi connectivity index (χ3v) is 5.06. The summed E-state index contributed by atoms with van der Waals surface area (Å²) in [4.78, 5) is 6.73. The van der Waals surface area contributed by atoms with E-state index in [0.29, 0.717) is 0 Å². The molecule has 22 heavy (non-hydrogen) atoms. The summed E-state index contributed by atoms with van der Waals surface area (Å²) in [6, 6.07) is 0. The lowest BCUT2D eigenvalue weighted by Crippen LogP contribution is -2.57. The molecule has 0 amide bonds. The number of hydrogen-bond acceptors (Lipinski definition) is 3. The third kappa shape index (κ3) is 5.43. The Morgan fingerprint density at radius 1 is 1.36 bits per heavy atom. The largest absolute Gasteiger partial charge is 0.377 e. The molecule has 0 heterocycles. The number of ether oxygens (including phenoxy) is 1. The predicted molar refractivity (Wildman–Crippen MR) is 94.5 cm³/mol. The van der Waals surface area contributed by atoms with E-state index in [9.17, 15) is 0 Å². The topological polar surface area (TPSA) is 48.9 Å². The van der Waals surface area contributed by atoms with Crippen LogP contribution in [0.5, 0.6) is 0 Å². The first-order chi connectivity index (χ1) is 10.2. The summed E-state index contributed by atoms with van der Waals surface area (Å²) in [6.07, 6.45) is 5.15. The van der Waals surface area contributed by atoms with Gasteiger partial charge in [-0.05, 0) is 46.7 Å². The first-order valence-corrected chi connectivity index (χ1v) is 8.42. The van der Waals surface area contributed by atoms with Gasteiger partial charge in [-0.15, -0.1) is 0 Å². The second kappa shape index (κ2) is 8.16. The van der Waals surface area contributed by atoms with Crippen LogP contribution in [-0.4, -0.2) is 63.3 Å². The standard InChI is InChI=1S/C17H36N4O/c1-14-9-8-10-17(11-14,21(5)6)13-20-15(18-4)19-12-16(2,3)22-7/h14H,8-13H2,1-7H3,(H2,18,19,20). The van der Waals surface area contributed by atoms with Gasteiger partial charge in [-0.3, -0.25) is 4.99 Å². The maximum absolute atomic E-state index is 5.45. The fourth-order valence-electron chi connectivity index (χ4n) is 3.19. The van der Waals surface area contributed by atoms with E-state index in [1.54, 1.807) is 7.11 Å². The van der Waals surface area contributed by atoms with E-state index in [4.69, 9.17) is 4.74 Å². The van der Waals surface area contributed by atoms with Gasteiger partial charge in [0.1, 0.15) is 0 Å². The van der Waals surface area contributed by atoms with Crippen molar-refractivity contribution in [2.75, 3.05) is 41.3 Å². The molecular formula is C17H36N4O. The van der Waals surface area contributed by atoms with Crippen molar-refractivity contribution in [2.24, 2.45) is 10.9 Å². The van der Waals surface area contributed by atoms with Crippen LogP contribution in [0.2, 0.25) is 0 Å². The molecule has 1 rings (SSSR count). The SMILES string of the molecule is CN=C(NCC(C)(C)OC)NCC1(N(C)C)CCCC(C)C1. The number of nitrogens with zero attached hydrogens (tertiary/aromatic N) is 2. The molecule has 0 bridgehead atoms. The van der Waals surface area contributed by atoms with E-state index in [-0.39, 0.29) is 11.1 Å². The second-order valence-electron chi connectivity index (χ2n) is 7.56. The van der Waals surface area contributed by atoms with Crippen LogP contribution in [0.25, 0.3) is 0 Å². The number of methoxy groups -OCH3 is 1. The summed E-state index contributed by atoms with van der Waals surface area (Å²) in [5.74, 6) is 1.64. The van der Waals surface area contributed by atoms with Gasteiger partial charge in [0.25, 0.3) is 0 Å². The number of guanidine groups is 1. The highest BCUT2D eigenvalue weighted by atomic mass is 16.5. The van der Waals surface area contributed by atoms with Crippen molar-refractivity contribution >= 4 is 5.96 Å². The molecule has 0 saturated heterocycles. The van der Waals surface area contributed by atoms with Gasteiger partial charge in [0.2, 0.25) is 0 Å². The Kier molecular flexibility index (Phi) is 7.13. The van der Waals surface area contributed by atoms with Gasteiger partial charge in [-0.1, -0.05) is 19.8 Å². The van der Waals surface area contributed by atoms with E-state index in [1.807, 2.05) is 7.05 Å². The molecule has 1 aliphatic carbocycles. The number of nitrogens with one attached hydrogen (secondary N) is 2. The summed E-state index contributed by atoms with van der Waals surface area (Å²) >= 11 is 0. The third-order valence-electron chi connectivity index (χ3n) is 5.06. The average molecular weight is 313 g/mol. The molecular weight excluding hydrogens is 276 g/mol. The molecule has 1 aliphatic rings. The fraction of sp³-hybridized carbons (Fsp3) is 0.941. The maximum atomic E-state index is 5.45. The van der Waals surface area contributed by atoms with Crippen LogP contribution in [0.3, 0.4) is 0 Å². The lowest BCUT2D eigenvalue weighted by Gasteiger charge is -2.45. The van der Waals surface area contributed by atoms with Crippen LogP contribution in [0.1, 0.15) is 46.5 Å². The summed E-state index contributed by atoms with van der Waals surface area (Å²) in [5, 5.41) is 6.88. The highest BCUT2D eigenvalue weighted by molar-refractivity contribution is 5.79. The number of aliphatic imine (C=N–C) groups is 1. The second-order valence-corrected chi connectivity index (χ2v) is 7.56. The molecule has 130 valence electrons. The Bertz CT molecular complexity index is 368. The summed E-state index contributed by atoms with van der Waals surface area (Å²) < 4.78 is 5.45. The quantitative estimate of drug-likeness (QED) is 0.582. The van der Waals surface area contributed by atoms with Gasteiger partial charge in [-0.2, -0.15) is 0 Å². The first kappa shape index (κ1) is 19.2. The van der Waals surface area contributed by atoms with Crippen LogP contribution in [0.4, 0.5) is 0 Å². The molecule has 0 aromatic rings. The Hall–Kier alpha value is -0.810. The monoisotopic (exact) mass is 312 g/mol. The molecule has 0 aliphatic heterocycles. The lowest BCUT2D eigenvalue weighted by atomic mass is 9.75. The molecule has 5 nitrogen and oxygen atoms in total. The fourth-order valence-corrected chi connectivity index (χ4v) is 3.19. The van der Waals surface area contributed by atoms with Gasteiger partial charge in [0, 0.05) is 32.8 Å². The van der Waals surface area contributed by atoms with Gasteiger partial charge in [0.15, 0.2) is 5.96 Å². The predicted octanol–water partition coefficient (Wildman–Crippen LogP) is 2.09. The van der Waals surface area contributed by atoms with Crippen LogP contribution in [0.15, 0.2) is 4.99 Å². The molecule has 0 aromatic heterocycles. The van der Waals surface area contributed by atoms with Gasteiger partial charge in [-0.25, -0.2) is 0 Å². The molecule has 2 unspecified atom stereocenters. The van der Waals surface area contributed by atoms with Crippen molar-refractivity contribution in [2.45, 2.75) is 57.6 Å². The highest BCUT2D eigenvalue weighted by Gasteiger charge is 2.37. The molecule has 2 atom stereocenters. The highest BCUT2D eigenvalue weighted by Crippen LogP contribution is 2.35. The Balaban J connectivity index is 2.59. The van der Waals surface area contributed by atoms with Crippen molar-refractivity contribution in [3.8, 4) is 0 Å². The van der Waals surface area contributed by atoms with E-state index in [0.717, 1.165) is 25.0 Å². The van der Waals surface area contributed by atoms with Crippen molar-refractivity contribution in [3.05, 3.63) is 0 Å². The zero-order chi connectivity index (χ0) is 16.8. The molecule has 1 fully saturated rings. The zero-order valence-corrected chi connectivity index (χ0v) is 15.6.